The molecule has 1 aromatic carbocycles. The van der Waals surface area contributed by atoms with Gasteiger partial charge in [0.05, 0.1) is 12.9 Å². The lowest BCUT2D eigenvalue weighted by Gasteiger charge is -2.08. The van der Waals surface area contributed by atoms with Crippen LogP contribution in [0.2, 0.25) is 0 Å². The molecule has 0 bridgehead atoms. The average Bonchev–Trinajstić information content (AvgIpc) is 2.49. The second kappa shape index (κ2) is 6.40. The number of ether oxygens (including phenoxy) is 1. The highest BCUT2D eigenvalue weighted by Gasteiger charge is 2.08. The van der Waals surface area contributed by atoms with Crippen molar-refractivity contribution in [2.45, 2.75) is 6.92 Å². The van der Waals surface area contributed by atoms with Crippen molar-refractivity contribution in [3.63, 3.8) is 0 Å². The first-order valence-corrected chi connectivity index (χ1v) is 7.93. The molecule has 2 N–H and O–H groups in total. The Morgan fingerprint density at radius 3 is 2.48 bits per heavy atom. The second-order valence-electron chi connectivity index (χ2n) is 4.17. The topological polar surface area (TPSA) is 93.2 Å². The summed E-state index contributed by atoms with van der Waals surface area (Å²) in [4.78, 5) is 0. The van der Waals surface area contributed by atoms with Crippen molar-refractivity contribution >= 4 is 27.3 Å². The summed E-state index contributed by atoms with van der Waals surface area (Å²) in [6.07, 6.45) is 0. The van der Waals surface area contributed by atoms with Crippen molar-refractivity contribution in [3.8, 4) is 5.75 Å². The van der Waals surface area contributed by atoms with E-state index in [-0.39, 0.29) is 11.6 Å². The maximum Gasteiger partial charge on any atom is 0.233 e. The van der Waals surface area contributed by atoms with Crippen LogP contribution in [-0.4, -0.2) is 31.5 Å². The molecule has 0 atom stereocenters. The normalized spacial score (nSPS) is 11.0. The van der Waals surface area contributed by atoms with Crippen molar-refractivity contribution in [1.29, 1.82) is 0 Å². The molecule has 2 aromatic rings. The molecule has 2 rings (SSSR count). The van der Waals surface area contributed by atoms with Crippen LogP contribution in [0.25, 0.3) is 0 Å². The van der Waals surface area contributed by atoms with E-state index in [2.05, 4.69) is 20.2 Å². The van der Waals surface area contributed by atoms with E-state index in [1.807, 2.05) is 24.3 Å². The molecule has 1 heterocycles. The van der Waals surface area contributed by atoms with Crippen LogP contribution in [0.3, 0.4) is 0 Å². The lowest BCUT2D eigenvalue weighted by atomic mass is 10.3. The Hall–Kier alpha value is -2.35. The lowest BCUT2D eigenvalue weighted by molar-refractivity contribution is 0.415. The fourth-order valence-corrected chi connectivity index (χ4v) is 2.11. The molecule has 0 saturated carbocycles. The highest BCUT2D eigenvalue weighted by atomic mass is 32.2. The van der Waals surface area contributed by atoms with Crippen molar-refractivity contribution < 1.29 is 13.2 Å². The van der Waals surface area contributed by atoms with Gasteiger partial charge in [0, 0.05) is 11.8 Å². The standard InChI is InChI=1S/C13H16N4O3S/c1-3-21(18,19)17-13-8-7-12(15-16-13)14-10-5-4-6-11(9-10)20-2/h4-9H,3H2,1-2H3,(H,14,15)(H,16,17). The number of anilines is 3. The molecular weight excluding hydrogens is 292 g/mol. The van der Waals surface area contributed by atoms with E-state index in [0.717, 1.165) is 11.4 Å². The average molecular weight is 308 g/mol. The van der Waals surface area contributed by atoms with Crippen molar-refractivity contribution in [2.75, 3.05) is 22.9 Å². The van der Waals surface area contributed by atoms with E-state index >= 15 is 0 Å². The Morgan fingerprint density at radius 1 is 1.14 bits per heavy atom. The van der Waals surface area contributed by atoms with Crippen LogP contribution in [0.1, 0.15) is 6.92 Å². The molecule has 0 unspecified atom stereocenters. The van der Waals surface area contributed by atoms with Gasteiger partial charge in [-0.25, -0.2) is 8.42 Å². The zero-order chi connectivity index (χ0) is 15.3. The van der Waals surface area contributed by atoms with Crippen LogP contribution in [-0.2, 0) is 10.0 Å². The van der Waals surface area contributed by atoms with Gasteiger partial charge >= 0.3 is 0 Å². The molecule has 1 aromatic heterocycles. The molecule has 0 amide bonds. The monoisotopic (exact) mass is 308 g/mol. The first kappa shape index (κ1) is 15.0. The van der Waals surface area contributed by atoms with Crippen LogP contribution >= 0.6 is 0 Å². The van der Waals surface area contributed by atoms with Crippen LogP contribution in [0.5, 0.6) is 5.75 Å². The van der Waals surface area contributed by atoms with Gasteiger partial charge < -0.3 is 10.1 Å². The molecule has 112 valence electrons. The summed E-state index contributed by atoms with van der Waals surface area (Å²) in [6, 6.07) is 10.5. The molecule has 0 saturated heterocycles. The van der Waals surface area contributed by atoms with Crippen molar-refractivity contribution in [3.05, 3.63) is 36.4 Å². The molecule has 0 aliphatic heterocycles. The van der Waals surface area contributed by atoms with Gasteiger partial charge in [-0.3, -0.25) is 4.72 Å². The Morgan fingerprint density at radius 2 is 1.86 bits per heavy atom. The number of hydrogen-bond acceptors (Lipinski definition) is 6. The maximum atomic E-state index is 11.4. The van der Waals surface area contributed by atoms with Gasteiger partial charge in [-0.1, -0.05) is 6.07 Å². The number of benzene rings is 1. The fraction of sp³-hybridized carbons (Fsp3) is 0.231. The van der Waals surface area contributed by atoms with E-state index < -0.39 is 10.0 Å². The number of methoxy groups -OCH3 is 1. The summed E-state index contributed by atoms with van der Waals surface area (Å²) >= 11 is 0. The zero-order valence-corrected chi connectivity index (χ0v) is 12.5. The first-order valence-electron chi connectivity index (χ1n) is 6.27. The third kappa shape index (κ3) is 4.32. The number of sulfonamides is 1. The molecule has 7 nitrogen and oxygen atoms in total. The highest BCUT2D eigenvalue weighted by molar-refractivity contribution is 7.92. The Labute approximate surface area is 123 Å². The van der Waals surface area contributed by atoms with E-state index in [4.69, 9.17) is 4.74 Å². The van der Waals surface area contributed by atoms with Gasteiger partial charge in [-0.05, 0) is 31.2 Å². The number of hydrogen-bond donors (Lipinski definition) is 2. The third-order valence-corrected chi connectivity index (χ3v) is 3.93. The molecular formula is C13H16N4O3S. The largest absolute Gasteiger partial charge is 0.497 e. The molecule has 0 fully saturated rings. The Bertz CT molecular complexity index is 702. The number of rotatable bonds is 6. The quantitative estimate of drug-likeness (QED) is 0.847. The predicted molar refractivity (Wildman–Crippen MR) is 81.4 cm³/mol. The van der Waals surface area contributed by atoms with E-state index in [1.54, 1.807) is 26.2 Å². The molecule has 21 heavy (non-hydrogen) atoms. The second-order valence-corrected chi connectivity index (χ2v) is 6.18. The lowest BCUT2D eigenvalue weighted by Crippen LogP contribution is -2.15. The van der Waals surface area contributed by atoms with Gasteiger partial charge in [0.2, 0.25) is 10.0 Å². The predicted octanol–water partition coefficient (Wildman–Crippen LogP) is 1.99. The summed E-state index contributed by atoms with van der Waals surface area (Å²) < 4.78 is 30.3. The summed E-state index contributed by atoms with van der Waals surface area (Å²) in [5.74, 6) is 1.40. The number of nitrogens with zero attached hydrogens (tertiary/aromatic N) is 2. The van der Waals surface area contributed by atoms with Gasteiger partial charge in [0.1, 0.15) is 5.75 Å². The van der Waals surface area contributed by atoms with Crippen molar-refractivity contribution in [2.24, 2.45) is 0 Å². The Kier molecular flexibility index (Phi) is 4.59. The minimum absolute atomic E-state index is 0.0154. The van der Waals surface area contributed by atoms with Gasteiger partial charge in [0.15, 0.2) is 11.6 Å². The van der Waals surface area contributed by atoms with E-state index in [9.17, 15) is 8.42 Å². The summed E-state index contributed by atoms with van der Waals surface area (Å²) in [6.45, 7) is 1.55. The molecule has 0 radical (unpaired) electrons. The fourth-order valence-electron chi connectivity index (χ4n) is 1.53. The Balaban J connectivity index is 2.08. The van der Waals surface area contributed by atoms with Gasteiger partial charge in [-0.2, -0.15) is 0 Å². The van der Waals surface area contributed by atoms with Crippen LogP contribution in [0.15, 0.2) is 36.4 Å². The molecule has 0 aliphatic rings. The molecule has 8 heteroatoms. The zero-order valence-electron chi connectivity index (χ0n) is 11.7. The van der Waals surface area contributed by atoms with Crippen molar-refractivity contribution in [1.82, 2.24) is 10.2 Å². The van der Waals surface area contributed by atoms with Gasteiger partial charge in [0.25, 0.3) is 0 Å². The highest BCUT2D eigenvalue weighted by Crippen LogP contribution is 2.20. The number of nitrogens with one attached hydrogen (secondary N) is 2. The molecule has 0 spiro atoms. The minimum atomic E-state index is -3.34. The van der Waals surface area contributed by atoms with Crippen LogP contribution in [0, 0.1) is 0 Å². The third-order valence-electron chi connectivity index (χ3n) is 2.65. The number of aromatic nitrogens is 2. The van der Waals surface area contributed by atoms with Crippen LogP contribution < -0.4 is 14.8 Å². The maximum absolute atomic E-state index is 11.4. The minimum Gasteiger partial charge on any atom is -0.497 e. The van der Waals surface area contributed by atoms with Gasteiger partial charge in [-0.15, -0.1) is 10.2 Å². The van der Waals surface area contributed by atoms with E-state index in [0.29, 0.717) is 5.82 Å². The van der Waals surface area contributed by atoms with E-state index in [1.165, 1.54) is 0 Å². The van der Waals surface area contributed by atoms with Crippen LogP contribution in [0.4, 0.5) is 17.3 Å². The summed E-state index contributed by atoms with van der Waals surface area (Å²) in [7, 11) is -1.75. The first-order chi connectivity index (χ1) is 10.0. The smallest absolute Gasteiger partial charge is 0.233 e. The summed E-state index contributed by atoms with van der Waals surface area (Å²) in [5, 5.41) is 10.8. The SMILES string of the molecule is CCS(=O)(=O)Nc1ccc(Nc2cccc(OC)c2)nn1. The summed E-state index contributed by atoms with van der Waals surface area (Å²) in [5.41, 5.74) is 0.797. The molecule has 0 aliphatic carbocycles.